The molecular weight excluding hydrogens is 138 g/mol. The molecule has 0 amide bonds. The smallest absolute Gasteiger partial charge is 0.124 e. The molecule has 3 heteroatoms. The number of nitrogens with one attached hydrogen (secondary N) is 2. The van der Waals surface area contributed by atoms with Crippen LogP contribution < -0.4 is 10.6 Å². The van der Waals surface area contributed by atoms with E-state index in [2.05, 4.69) is 10.2 Å². The lowest BCUT2D eigenvalue weighted by molar-refractivity contribution is 0.160. The van der Waals surface area contributed by atoms with Crippen molar-refractivity contribution in [3.63, 3.8) is 0 Å². The fourth-order valence-electron chi connectivity index (χ4n) is 1.88. The first kappa shape index (κ1) is 6.40. The van der Waals surface area contributed by atoms with E-state index >= 15 is 0 Å². The van der Waals surface area contributed by atoms with Crippen LogP contribution in [0.2, 0.25) is 1.41 Å². The van der Waals surface area contributed by atoms with Gasteiger partial charge in [0.05, 0.1) is 6.17 Å². The quantitative estimate of drug-likeness (QED) is 0.541. The molecular formula is C8H17N3. The molecule has 3 nitrogen and oxygen atoms in total. The van der Waals surface area contributed by atoms with Crippen LogP contribution in [0, 0.1) is 0 Å². The highest BCUT2D eigenvalue weighted by Gasteiger charge is 2.22. The second kappa shape index (κ2) is 3.52. The highest BCUT2D eigenvalue weighted by atomic mass is 15.3. The van der Waals surface area contributed by atoms with Crippen molar-refractivity contribution in [3.8, 4) is 0 Å². The second-order valence-corrected chi connectivity index (χ2v) is 3.31. The van der Waals surface area contributed by atoms with E-state index < -0.39 is 0 Å². The lowest BCUT2D eigenvalue weighted by atomic mass is 10.2. The summed E-state index contributed by atoms with van der Waals surface area (Å²) in [5.41, 5.74) is 0. The first-order valence-electron chi connectivity index (χ1n) is 5.03. The molecule has 11 heavy (non-hydrogen) atoms. The van der Waals surface area contributed by atoms with E-state index in [4.69, 9.17) is 1.41 Å². The molecule has 0 bridgehead atoms. The third-order valence-corrected chi connectivity index (χ3v) is 2.53. The van der Waals surface area contributed by atoms with Gasteiger partial charge in [-0.1, -0.05) is 0 Å². The minimum atomic E-state index is 0.409. The topological polar surface area (TPSA) is 27.3 Å². The van der Waals surface area contributed by atoms with E-state index in [0.29, 0.717) is 6.17 Å². The molecule has 0 aromatic rings. The van der Waals surface area contributed by atoms with Gasteiger partial charge in [-0.05, 0) is 19.4 Å². The standard InChI is InChI=1S/C8H17N3/c1-2-8(10-3-1)11-6-4-9-5-7-11/h8-10H,1-7H2/i/hD. The molecule has 0 spiro atoms. The van der Waals surface area contributed by atoms with E-state index in [9.17, 15) is 0 Å². The average molecular weight is 156 g/mol. The van der Waals surface area contributed by atoms with Crippen LogP contribution in [0.1, 0.15) is 12.8 Å². The molecule has 2 fully saturated rings. The molecule has 2 aliphatic heterocycles. The zero-order chi connectivity index (χ0) is 8.39. The Balaban J connectivity index is 1.89. The van der Waals surface area contributed by atoms with Crippen molar-refractivity contribution < 1.29 is 1.41 Å². The first-order chi connectivity index (χ1) is 5.88. The summed E-state index contributed by atoms with van der Waals surface area (Å²) >= 11 is 0. The monoisotopic (exact) mass is 156 g/mol. The van der Waals surface area contributed by atoms with Crippen LogP contribution in [-0.4, -0.2) is 43.8 Å². The van der Waals surface area contributed by atoms with Gasteiger partial charge < -0.3 is 10.6 Å². The molecule has 0 aromatic heterocycles. The Kier molecular flexibility index (Phi) is 2.05. The van der Waals surface area contributed by atoms with Gasteiger partial charge in [-0.25, -0.2) is 0 Å². The molecule has 1 unspecified atom stereocenters. The molecule has 0 aliphatic carbocycles. The zero-order valence-corrected chi connectivity index (χ0v) is 6.92. The summed E-state index contributed by atoms with van der Waals surface area (Å²) in [7, 11) is 0. The number of hydrogen-bond donors (Lipinski definition) is 2. The molecule has 2 rings (SSSR count). The van der Waals surface area contributed by atoms with E-state index in [-0.39, 0.29) is 0 Å². The van der Waals surface area contributed by atoms with Crippen molar-refractivity contribution in [2.45, 2.75) is 19.0 Å². The Morgan fingerprint density at radius 2 is 2.09 bits per heavy atom. The highest BCUT2D eigenvalue weighted by Crippen LogP contribution is 2.10. The second-order valence-electron chi connectivity index (χ2n) is 3.31. The molecule has 2 heterocycles. The lowest BCUT2D eigenvalue weighted by Gasteiger charge is -2.32. The lowest BCUT2D eigenvalue weighted by Crippen LogP contribution is -2.51. The van der Waals surface area contributed by atoms with Crippen LogP contribution in [0.15, 0.2) is 0 Å². The number of nitrogens with zero attached hydrogens (tertiary/aromatic N) is 1. The van der Waals surface area contributed by atoms with E-state index in [1.807, 2.05) is 0 Å². The van der Waals surface area contributed by atoms with E-state index in [0.717, 1.165) is 32.7 Å². The Morgan fingerprint density at radius 1 is 1.27 bits per heavy atom. The zero-order valence-electron chi connectivity index (χ0n) is 7.92. The SMILES string of the molecule is [2H]N1CCCC1N1CCNCC1. The minimum Gasteiger partial charge on any atom is -0.314 e. The van der Waals surface area contributed by atoms with Crippen LogP contribution in [-0.2, 0) is 0 Å². The van der Waals surface area contributed by atoms with Gasteiger partial charge in [0.2, 0.25) is 0 Å². The Labute approximate surface area is 69.6 Å². The van der Waals surface area contributed by atoms with Crippen LogP contribution >= 0.6 is 0 Å². The van der Waals surface area contributed by atoms with E-state index in [1.54, 1.807) is 5.31 Å². The van der Waals surface area contributed by atoms with Gasteiger partial charge in [-0.15, -0.1) is 0 Å². The maximum absolute atomic E-state index is 7.70. The minimum absolute atomic E-state index is 0.409. The number of hydrogen-bond acceptors (Lipinski definition) is 3. The van der Waals surface area contributed by atoms with Gasteiger partial charge in [0.25, 0.3) is 0 Å². The molecule has 64 valence electrons. The third kappa shape index (κ3) is 1.72. The fraction of sp³-hybridized carbons (Fsp3) is 1.00. The van der Waals surface area contributed by atoms with E-state index in [1.165, 1.54) is 12.8 Å². The Morgan fingerprint density at radius 3 is 2.73 bits per heavy atom. The summed E-state index contributed by atoms with van der Waals surface area (Å²) in [6.07, 6.45) is 2.79. The number of rotatable bonds is 1. The molecule has 0 radical (unpaired) electrons. The normalized spacial score (nSPS) is 37.5. The van der Waals surface area contributed by atoms with Gasteiger partial charge in [-0.2, -0.15) is 0 Å². The predicted molar refractivity (Wildman–Crippen MR) is 45.5 cm³/mol. The summed E-state index contributed by atoms with van der Waals surface area (Å²) in [5.74, 6) is 0. The third-order valence-electron chi connectivity index (χ3n) is 2.53. The largest absolute Gasteiger partial charge is 0.314 e. The van der Waals surface area contributed by atoms with Gasteiger partial charge >= 0.3 is 0 Å². The summed E-state index contributed by atoms with van der Waals surface area (Å²) in [6.45, 7) is 5.35. The van der Waals surface area contributed by atoms with Crippen molar-refractivity contribution in [2.24, 2.45) is 0 Å². The summed E-state index contributed by atoms with van der Waals surface area (Å²) in [4.78, 5) is 2.43. The molecule has 2 N–H and O–H groups in total. The molecule has 2 aliphatic rings. The van der Waals surface area contributed by atoms with Crippen LogP contribution in [0.5, 0.6) is 0 Å². The Hall–Kier alpha value is -0.120. The molecule has 0 aromatic carbocycles. The van der Waals surface area contributed by atoms with Crippen molar-refractivity contribution >= 4 is 0 Å². The summed E-state index contributed by atoms with van der Waals surface area (Å²) in [5, 5.41) is 5.07. The fourth-order valence-corrected chi connectivity index (χ4v) is 1.88. The van der Waals surface area contributed by atoms with Crippen molar-refractivity contribution in [1.82, 2.24) is 15.5 Å². The van der Waals surface area contributed by atoms with Crippen molar-refractivity contribution in [3.05, 3.63) is 0 Å². The summed E-state index contributed by atoms with van der Waals surface area (Å²) < 4.78 is 7.70. The number of piperazine rings is 1. The predicted octanol–water partition coefficient (Wildman–Crippen LogP) is -0.399. The van der Waals surface area contributed by atoms with Gasteiger partial charge in [0.1, 0.15) is 1.41 Å². The maximum atomic E-state index is 7.70. The highest BCUT2D eigenvalue weighted by molar-refractivity contribution is 4.78. The summed E-state index contributed by atoms with van der Waals surface area (Å²) in [6, 6.07) is 0. The van der Waals surface area contributed by atoms with Gasteiger partial charge in [0, 0.05) is 26.2 Å². The molecule has 0 saturated carbocycles. The molecule has 1 atom stereocenters. The van der Waals surface area contributed by atoms with Crippen LogP contribution in [0.3, 0.4) is 0 Å². The molecule has 2 saturated heterocycles. The van der Waals surface area contributed by atoms with Crippen molar-refractivity contribution in [1.29, 1.82) is 0 Å². The first-order valence-corrected chi connectivity index (χ1v) is 4.58. The van der Waals surface area contributed by atoms with Crippen molar-refractivity contribution in [2.75, 3.05) is 32.7 Å². The van der Waals surface area contributed by atoms with Gasteiger partial charge in [0.15, 0.2) is 0 Å². The van der Waals surface area contributed by atoms with Crippen LogP contribution in [0.25, 0.3) is 0 Å². The van der Waals surface area contributed by atoms with Gasteiger partial charge in [-0.3, -0.25) is 4.90 Å². The average Bonchev–Trinajstić information content (AvgIpc) is 2.53. The maximum Gasteiger partial charge on any atom is 0.124 e. The van der Waals surface area contributed by atoms with Crippen LogP contribution in [0.4, 0.5) is 0 Å². The Bertz CT molecular complexity index is 147.